The van der Waals surface area contributed by atoms with E-state index in [-0.39, 0.29) is 29.8 Å². The second-order valence-corrected chi connectivity index (χ2v) is 5.34. The Hall–Kier alpha value is -2.03. The number of ether oxygens (including phenoxy) is 2. The van der Waals surface area contributed by atoms with Gasteiger partial charge in [0.15, 0.2) is 17.5 Å². The normalized spacial score (nSPS) is 10.7. The molecule has 0 spiro atoms. The summed E-state index contributed by atoms with van der Waals surface area (Å²) < 4.78 is 23.8. The van der Waals surface area contributed by atoms with Gasteiger partial charge in [-0.2, -0.15) is 0 Å². The summed E-state index contributed by atoms with van der Waals surface area (Å²) in [5, 5.41) is 6.42. The van der Waals surface area contributed by atoms with E-state index in [2.05, 4.69) is 15.6 Å². The molecule has 0 aliphatic rings. The Morgan fingerprint density at radius 1 is 1.08 bits per heavy atom. The molecule has 0 aliphatic carbocycles. The number of guanidine groups is 1. The number of halogens is 2. The molecule has 0 bridgehead atoms. The van der Waals surface area contributed by atoms with Crippen molar-refractivity contribution in [2.45, 2.75) is 13.3 Å². The minimum absolute atomic E-state index is 0. The number of rotatable bonds is 7. The molecule has 0 heterocycles. The zero-order valence-electron chi connectivity index (χ0n) is 15.2. The fourth-order valence-corrected chi connectivity index (χ4v) is 2.35. The molecule has 26 heavy (non-hydrogen) atoms. The zero-order valence-corrected chi connectivity index (χ0v) is 17.5. The van der Waals surface area contributed by atoms with Crippen LogP contribution in [0.5, 0.6) is 11.5 Å². The number of nitrogens with zero attached hydrogens (tertiary/aromatic N) is 1. The zero-order chi connectivity index (χ0) is 18.1. The van der Waals surface area contributed by atoms with Crippen LogP contribution < -0.4 is 20.1 Å². The summed E-state index contributed by atoms with van der Waals surface area (Å²) in [5.41, 5.74) is 1.76. The third kappa shape index (κ3) is 6.70. The first-order valence-electron chi connectivity index (χ1n) is 8.18. The van der Waals surface area contributed by atoms with Gasteiger partial charge in [0.05, 0.1) is 14.2 Å². The van der Waals surface area contributed by atoms with Crippen molar-refractivity contribution in [3.8, 4) is 11.5 Å². The second-order valence-electron chi connectivity index (χ2n) is 5.34. The van der Waals surface area contributed by atoms with Crippen molar-refractivity contribution in [3.05, 3.63) is 53.8 Å². The highest BCUT2D eigenvalue weighted by molar-refractivity contribution is 14.0. The lowest BCUT2D eigenvalue weighted by atomic mass is 10.1. The Morgan fingerprint density at radius 2 is 1.85 bits per heavy atom. The number of anilines is 1. The van der Waals surface area contributed by atoms with Gasteiger partial charge in [-0.3, -0.25) is 4.99 Å². The van der Waals surface area contributed by atoms with Crippen LogP contribution in [0.15, 0.2) is 47.5 Å². The van der Waals surface area contributed by atoms with Gasteiger partial charge in [0.2, 0.25) is 0 Å². The van der Waals surface area contributed by atoms with Crippen LogP contribution in [0.1, 0.15) is 12.5 Å². The van der Waals surface area contributed by atoms with E-state index in [0.29, 0.717) is 30.4 Å². The van der Waals surface area contributed by atoms with Crippen molar-refractivity contribution in [3.63, 3.8) is 0 Å². The molecule has 5 nitrogen and oxygen atoms in total. The molecular weight excluding hydrogens is 448 g/mol. The molecule has 0 aliphatic heterocycles. The van der Waals surface area contributed by atoms with Crippen molar-refractivity contribution in [1.82, 2.24) is 5.32 Å². The van der Waals surface area contributed by atoms with E-state index in [1.54, 1.807) is 20.3 Å². The average molecular weight is 473 g/mol. The summed E-state index contributed by atoms with van der Waals surface area (Å²) in [6.45, 7) is 3.28. The molecule has 0 amide bonds. The lowest BCUT2D eigenvalue weighted by Crippen LogP contribution is -2.30. The maximum Gasteiger partial charge on any atom is 0.195 e. The predicted molar refractivity (Wildman–Crippen MR) is 115 cm³/mol. The van der Waals surface area contributed by atoms with Crippen molar-refractivity contribution in [2.24, 2.45) is 4.99 Å². The summed E-state index contributed by atoms with van der Waals surface area (Å²) >= 11 is 0. The Balaban J connectivity index is 0.00000338. The fraction of sp³-hybridized carbons (Fsp3) is 0.316. The lowest BCUT2D eigenvalue weighted by Gasteiger charge is -2.13. The van der Waals surface area contributed by atoms with E-state index >= 15 is 0 Å². The quantitative estimate of drug-likeness (QED) is 0.362. The largest absolute Gasteiger partial charge is 0.493 e. The first-order chi connectivity index (χ1) is 12.2. The van der Waals surface area contributed by atoms with Crippen molar-refractivity contribution in [1.29, 1.82) is 0 Å². The minimum atomic E-state index is -0.225. The third-order valence-electron chi connectivity index (χ3n) is 3.55. The summed E-state index contributed by atoms with van der Waals surface area (Å²) in [4.78, 5) is 4.53. The molecule has 0 radical (unpaired) electrons. The Kier molecular flexibility index (Phi) is 9.79. The van der Waals surface area contributed by atoms with Gasteiger partial charge in [-0.1, -0.05) is 12.1 Å². The van der Waals surface area contributed by atoms with Crippen LogP contribution in [0.25, 0.3) is 0 Å². The van der Waals surface area contributed by atoms with E-state index in [4.69, 9.17) is 9.47 Å². The first-order valence-corrected chi connectivity index (χ1v) is 8.18. The molecule has 0 fully saturated rings. The van der Waals surface area contributed by atoms with E-state index < -0.39 is 0 Å². The number of nitrogens with one attached hydrogen (secondary N) is 2. The standard InChI is InChI=1S/C19H24FN3O2.HI/c1-4-21-19(22-11-10-14-6-5-7-15(20)12-14)23-16-8-9-17(24-2)18(13-16)25-3;/h5-9,12-13H,4,10-11H2,1-3H3,(H2,21,22,23);1H. The number of methoxy groups -OCH3 is 2. The van der Waals surface area contributed by atoms with Crippen LogP contribution in [0.4, 0.5) is 10.1 Å². The van der Waals surface area contributed by atoms with Crippen molar-refractivity contribution < 1.29 is 13.9 Å². The van der Waals surface area contributed by atoms with Crippen LogP contribution in [0.2, 0.25) is 0 Å². The summed E-state index contributed by atoms with van der Waals surface area (Å²) in [6, 6.07) is 12.1. The topological polar surface area (TPSA) is 54.9 Å². The first kappa shape index (κ1) is 22.0. The van der Waals surface area contributed by atoms with Gasteiger partial charge in [-0.25, -0.2) is 4.39 Å². The Bertz CT molecular complexity index is 726. The molecule has 2 N–H and O–H groups in total. The van der Waals surface area contributed by atoms with Gasteiger partial charge in [-0.15, -0.1) is 24.0 Å². The smallest absolute Gasteiger partial charge is 0.195 e. The number of benzene rings is 2. The summed E-state index contributed by atoms with van der Waals surface area (Å²) in [7, 11) is 3.20. The van der Waals surface area contributed by atoms with E-state index in [1.165, 1.54) is 12.1 Å². The van der Waals surface area contributed by atoms with Crippen molar-refractivity contribution in [2.75, 3.05) is 32.6 Å². The van der Waals surface area contributed by atoms with E-state index in [0.717, 1.165) is 17.8 Å². The third-order valence-corrected chi connectivity index (χ3v) is 3.55. The van der Waals surface area contributed by atoms with Gasteiger partial charge in [-0.05, 0) is 43.2 Å². The SMILES string of the molecule is CCNC(=NCCc1cccc(F)c1)Nc1ccc(OC)c(OC)c1.I. The number of hydrogen-bond donors (Lipinski definition) is 2. The monoisotopic (exact) mass is 473 g/mol. The molecule has 2 aromatic carbocycles. The molecular formula is C19H25FIN3O2. The average Bonchev–Trinajstić information content (AvgIpc) is 2.62. The number of hydrogen-bond acceptors (Lipinski definition) is 3. The highest BCUT2D eigenvalue weighted by Gasteiger charge is 2.06. The molecule has 0 saturated carbocycles. The summed E-state index contributed by atoms with van der Waals surface area (Å²) in [5.74, 6) is 1.74. The molecule has 0 aromatic heterocycles. The molecule has 0 unspecified atom stereocenters. The highest BCUT2D eigenvalue weighted by atomic mass is 127. The second kappa shape index (κ2) is 11.6. The maximum absolute atomic E-state index is 13.2. The molecule has 0 atom stereocenters. The molecule has 2 aromatic rings. The van der Waals surface area contributed by atoms with Crippen LogP contribution in [-0.4, -0.2) is 33.3 Å². The Morgan fingerprint density at radius 3 is 2.50 bits per heavy atom. The van der Waals surface area contributed by atoms with Gasteiger partial charge in [0.1, 0.15) is 5.82 Å². The minimum Gasteiger partial charge on any atom is -0.493 e. The van der Waals surface area contributed by atoms with Gasteiger partial charge >= 0.3 is 0 Å². The highest BCUT2D eigenvalue weighted by Crippen LogP contribution is 2.29. The van der Waals surface area contributed by atoms with Crippen molar-refractivity contribution >= 4 is 35.6 Å². The predicted octanol–water partition coefficient (Wildman–Crippen LogP) is 4.08. The fourth-order valence-electron chi connectivity index (χ4n) is 2.35. The van der Waals surface area contributed by atoms with Crippen LogP contribution in [0, 0.1) is 5.82 Å². The molecule has 7 heteroatoms. The lowest BCUT2D eigenvalue weighted by molar-refractivity contribution is 0.355. The van der Waals surface area contributed by atoms with Crippen LogP contribution >= 0.6 is 24.0 Å². The Labute approximate surface area is 171 Å². The molecule has 2 rings (SSSR count). The van der Waals surface area contributed by atoms with Gasteiger partial charge in [0, 0.05) is 24.8 Å². The molecule has 142 valence electrons. The van der Waals surface area contributed by atoms with E-state index in [9.17, 15) is 4.39 Å². The van der Waals surface area contributed by atoms with Crippen LogP contribution in [0.3, 0.4) is 0 Å². The molecule has 0 saturated heterocycles. The van der Waals surface area contributed by atoms with Gasteiger partial charge < -0.3 is 20.1 Å². The summed E-state index contributed by atoms with van der Waals surface area (Å²) in [6.07, 6.45) is 0.667. The maximum atomic E-state index is 13.2. The van der Waals surface area contributed by atoms with Crippen LogP contribution in [-0.2, 0) is 6.42 Å². The van der Waals surface area contributed by atoms with Gasteiger partial charge in [0.25, 0.3) is 0 Å². The number of aliphatic imine (C=N–C) groups is 1. The van der Waals surface area contributed by atoms with E-state index in [1.807, 2.05) is 31.2 Å².